The van der Waals surface area contributed by atoms with Gasteiger partial charge in [0, 0.05) is 23.6 Å². The number of primary amides is 1. The van der Waals surface area contributed by atoms with Gasteiger partial charge in [0.25, 0.3) is 5.91 Å². The summed E-state index contributed by atoms with van der Waals surface area (Å²) in [6.07, 6.45) is 0.794. The normalized spacial score (nSPS) is 12.0. The van der Waals surface area contributed by atoms with Crippen molar-refractivity contribution in [3.8, 4) is 0 Å². The minimum absolute atomic E-state index is 0.426. The fourth-order valence-corrected chi connectivity index (χ4v) is 2.60. The number of nitrogens with zero attached hydrogens (tertiary/aromatic N) is 1. The molecule has 0 spiro atoms. The standard InChI is InChI=1S/C19H18N2O3/c1-13(18(20)22)24-19(23)16-12-21(11-14-7-3-2-4-8-14)17-10-6-5-9-15(16)17/h2-10,12-13H,11H2,1H3,(H2,20,22)/t13-/m0/s1. The summed E-state index contributed by atoms with van der Waals surface area (Å²) in [7, 11) is 0. The smallest absolute Gasteiger partial charge is 0.341 e. The van der Waals surface area contributed by atoms with Gasteiger partial charge in [-0.25, -0.2) is 4.79 Å². The molecular weight excluding hydrogens is 304 g/mol. The number of hydrogen-bond acceptors (Lipinski definition) is 3. The molecule has 0 radical (unpaired) electrons. The van der Waals surface area contributed by atoms with Gasteiger partial charge in [0.15, 0.2) is 6.10 Å². The molecule has 3 rings (SSSR count). The predicted octanol–water partition coefficient (Wildman–Crippen LogP) is 2.72. The van der Waals surface area contributed by atoms with Crippen LogP contribution in [0.5, 0.6) is 0 Å². The Balaban J connectivity index is 1.97. The Labute approximate surface area is 139 Å². The van der Waals surface area contributed by atoms with Gasteiger partial charge in [-0.1, -0.05) is 48.5 Å². The molecule has 1 amide bonds. The van der Waals surface area contributed by atoms with E-state index in [-0.39, 0.29) is 0 Å². The summed E-state index contributed by atoms with van der Waals surface area (Å²) in [6, 6.07) is 17.6. The molecule has 0 aliphatic rings. The molecular formula is C19H18N2O3. The second kappa shape index (κ2) is 6.58. The van der Waals surface area contributed by atoms with Crippen LogP contribution in [0.3, 0.4) is 0 Å². The molecule has 2 aromatic carbocycles. The Morgan fingerprint density at radius 2 is 1.75 bits per heavy atom. The van der Waals surface area contributed by atoms with E-state index in [0.29, 0.717) is 12.1 Å². The van der Waals surface area contributed by atoms with E-state index in [1.165, 1.54) is 6.92 Å². The summed E-state index contributed by atoms with van der Waals surface area (Å²) in [5, 5.41) is 0.787. The summed E-state index contributed by atoms with van der Waals surface area (Å²) >= 11 is 0. The largest absolute Gasteiger partial charge is 0.449 e. The fourth-order valence-electron chi connectivity index (χ4n) is 2.60. The van der Waals surface area contributed by atoms with Gasteiger partial charge in [-0.05, 0) is 18.6 Å². The summed E-state index contributed by atoms with van der Waals surface area (Å²) in [4.78, 5) is 23.5. The van der Waals surface area contributed by atoms with Crippen molar-refractivity contribution in [1.82, 2.24) is 4.57 Å². The quantitative estimate of drug-likeness (QED) is 0.734. The average molecular weight is 322 g/mol. The maximum absolute atomic E-state index is 12.4. The number of fused-ring (bicyclic) bond motifs is 1. The van der Waals surface area contributed by atoms with E-state index in [1.807, 2.05) is 59.2 Å². The molecule has 122 valence electrons. The van der Waals surface area contributed by atoms with Crippen molar-refractivity contribution in [2.24, 2.45) is 5.73 Å². The monoisotopic (exact) mass is 322 g/mol. The van der Waals surface area contributed by atoms with Crippen LogP contribution in [0.4, 0.5) is 0 Å². The molecule has 0 unspecified atom stereocenters. The van der Waals surface area contributed by atoms with Gasteiger partial charge in [-0.3, -0.25) is 4.79 Å². The van der Waals surface area contributed by atoms with Crippen LogP contribution in [0.25, 0.3) is 10.9 Å². The van der Waals surface area contributed by atoms with Crippen LogP contribution in [-0.2, 0) is 16.1 Å². The number of para-hydroxylation sites is 1. The number of ether oxygens (including phenoxy) is 1. The highest BCUT2D eigenvalue weighted by Crippen LogP contribution is 2.23. The van der Waals surface area contributed by atoms with E-state index in [1.54, 1.807) is 6.20 Å². The number of amides is 1. The molecule has 1 heterocycles. The van der Waals surface area contributed by atoms with Crippen LogP contribution in [0, 0.1) is 0 Å². The third-order valence-corrected chi connectivity index (χ3v) is 3.89. The van der Waals surface area contributed by atoms with E-state index < -0.39 is 18.0 Å². The first-order chi connectivity index (χ1) is 11.6. The van der Waals surface area contributed by atoms with E-state index in [4.69, 9.17) is 10.5 Å². The molecule has 5 nitrogen and oxygen atoms in total. The first-order valence-corrected chi connectivity index (χ1v) is 7.68. The molecule has 0 aliphatic heterocycles. The van der Waals surface area contributed by atoms with Crippen molar-refractivity contribution in [2.75, 3.05) is 0 Å². The summed E-state index contributed by atoms with van der Waals surface area (Å²) in [5.74, 6) is -1.22. The zero-order chi connectivity index (χ0) is 17.1. The van der Waals surface area contributed by atoms with E-state index >= 15 is 0 Å². The van der Waals surface area contributed by atoms with Crippen molar-refractivity contribution in [1.29, 1.82) is 0 Å². The Hall–Kier alpha value is -3.08. The Kier molecular flexibility index (Phi) is 4.33. The van der Waals surface area contributed by atoms with Crippen LogP contribution >= 0.6 is 0 Å². The molecule has 5 heteroatoms. The molecule has 0 saturated heterocycles. The number of rotatable bonds is 5. The zero-order valence-electron chi connectivity index (χ0n) is 13.3. The predicted molar refractivity (Wildman–Crippen MR) is 91.6 cm³/mol. The van der Waals surface area contributed by atoms with Crippen LogP contribution in [0.1, 0.15) is 22.8 Å². The highest BCUT2D eigenvalue weighted by atomic mass is 16.5. The van der Waals surface area contributed by atoms with Crippen molar-refractivity contribution in [3.05, 3.63) is 71.9 Å². The van der Waals surface area contributed by atoms with Gasteiger partial charge in [-0.15, -0.1) is 0 Å². The van der Waals surface area contributed by atoms with E-state index in [0.717, 1.165) is 16.5 Å². The van der Waals surface area contributed by atoms with Crippen molar-refractivity contribution >= 4 is 22.8 Å². The van der Waals surface area contributed by atoms with Crippen molar-refractivity contribution in [2.45, 2.75) is 19.6 Å². The first-order valence-electron chi connectivity index (χ1n) is 7.68. The number of aromatic nitrogens is 1. The molecule has 0 fully saturated rings. The first kappa shape index (κ1) is 15.8. The number of nitrogens with two attached hydrogens (primary N) is 1. The fraction of sp³-hybridized carbons (Fsp3) is 0.158. The van der Waals surface area contributed by atoms with Gasteiger partial charge in [0.1, 0.15) is 0 Å². The van der Waals surface area contributed by atoms with Gasteiger partial charge in [0.2, 0.25) is 0 Å². The molecule has 3 aromatic rings. The minimum Gasteiger partial charge on any atom is -0.449 e. The number of esters is 1. The summed E-state index contributed by atoms with van der Waals surface area (Å²) in [6.45, 7) is 2.10. The van der Waals surface area contributed by atoms with Crippen molar-refractivity contribution < 1.29 is 14.3 Å². The van der Waals surface area contributed by atoms with E-state index in [2.05, 4.69) is 0 Å². The molecule has 0 bridgehead atoms. The van der Waals surface area contributed by atoms with Gasteiger partial charge < -0.3 is 15.0 Å². The average Bonchev–Trinajstić information content (AvgIpc) is 2.94. The Morgan fingerprint density at radius 1 is 1.08 bits per heavy atom. The maximum Gasteiger partial charge on any atom is 0.341 e. The van der Waals surface area contributed by atoms with Gasteiger partial charge in [0.05, 0.1) is 5.56 Å². The van der Waals surface area contributed by atoms with E-state index in [9.17, 15) is 9.59 Å². The lowest BCUT2D eigenvalue weighted by molar-refractivity contribution is -0.125. The zero-order valence-corrected chi connectivity index (χ0v) is 13.3. The van der Waals surface area contributed by atoms with Crippen molar-refractivity contribution in [3.63, 3.8) is 0 Å². The summed E-state index contributed by atoms with van der Waals surface area (Å²) in [5.41, 5.74) is 7.65. The number of benzene rings is 2. The SMILES string of the molecule is C[C@H](OC(=O)c1cn(Cc2ccccc2)c2ccccc12)C(N)=O. The molecule has 1 aromatic heterocycles. The molecule has 0 aliphatic carbocycles. The Morgan fingerprint density at radius 3 is 2.46 bits per heavy atom. The highest BCUT2D eigenvalue weighted by Gasteiger charge is 2.20. The number of carbonyl (C=O) groups is 2. The number of carbonyl (C=O) groups excluding carboxylic acids is 2. The molecule has 2 N–H and O–H groups in total. The molecule has 0 saturated carbocycles. The third-order valence-electron chi connectivity index (χ3n) is 3.89. The highest BCUT2D eigenvalue weighted by molar-refractivity contribution is 6.05. The maximum atomic E-state index is 12.4. The van der Waals surface area contributed by atoms with Gasteiger partial charge >= 0.3 is 5.97 Å². The molecule has 1 atom stereocenters. The second-order valence-electron chi connectivity index (χ2n) is 5.62. The van der Waals surface area contributed by atoms with Crippen LogP contribution in [0.2, 0.25) is 0 Å². The lowest BCUT2D eigenvalue weighted by Crippen LogP contribution is -2.30. The topological polar surface area (TPSA) is 74.3 Å². The third kappa shape index (κ3) is 3.15. The minimum atomic E-state index is -0.964. The summed E-state index contributed by atoms with van der Waals surface area (Å²) < 4.78 is 7.14. The lowest BCUT2D eigenvalue weighted by Gasteiger charge is -2.08. The van der Waals surface area contributed by atoms with Crippen LogP contribution in [-0.4, -0.2) is 22.5 Å². The second-order valence-corrected chi connectivity index (χ2v) is 5.62. The lowest BCUT2D eigenvalue weighted by atomic mass is 10.2. The molecule has 24 heavy (non-hydrogen) atoms. The van der Waals surface area contributed by atoms with Gasteiger partial charge in [-0.2, -0.15) is 0 Å². The van der Waals surface area contributed by atoms with Crippen LogP contribution in [0.15, 0.2) is 60.8 Å². The van der Waals surface area contributed by atoms with Crippen LogP contribution < -0.4 is 5.73 Å². The Bertz CT molecular complexity index is 884. The number of hydrogen-bond donors (Lipinski definition) is 1.